The molecule has 0 radical (unpaired) electrons. The van der Waals surface area contributed by atoms with E-state index in [1.807, 2.05) is 34.6 Å². The van der Waals surface area contributed by atoms with Crippen molar-refractivity contribution in [3.8, 4) is 11.5 Å². The Morgan fingerprint density at radius 1 is 0.829 bits per heavy atom. The third-order valence-electron chi connectivity index (χ3n) is 5.49. The molecule has 1 aromatic carbocycles. The molecule has 0 fully saturated rings. The van der Waals surface area contributed by atoms with E-state index < -0.39 is 36.1 Å². The lowest BCUT2D eigenvalue weighted by molar-refractivity contribution is -0.148. The lowest BCUT2D eigenvalue weighted by Gasteiger charge is -2.29. The Morgan fingerprint density at radius 2 is 1.41 bits per heavy atom. The van der Waals surface area contributed by atoms with Crippen molar-refractivity contribution in [1.82, 2.24) is 0 Å². The Kier molecular flexibility index (Phi) is 15.6. The quantitative estimate of drug-likeness (QED) is 0.112. The third-order valence-corrected chi connectivity index (χ3v) is 5.49. The predicted molar refractivity (Wildman–Crippen MR) is 149 cm³/mol. The predicted octanol–water partition coefficient (Wildman–Crippen LogP) is 5.56. The van der Waals surface area contributed by atoms with Gasteiger partial charge in [-0.1, -0.05) is 53.5 Å². The molecule has 2 N–H and O–H groups in total. The Hall–Kier alpha value is -3.54. The van der Waals surface area contributed by atoms with Gasteiger partial charge < -0.3 is 38.9 Å². The molecule has 1 rings (SSSR count). The van der Waals surface area contributed by atoms with Crippen LogP contribution in [0.2, 0.25) is 0 Å². The molecular formula is C29H45NO11. The van der Waals surface area contributed by atoms with Gasteiger partial charge in [0.05, 0.1) is 26.9 Å². The SMILES string of the molecule is CCCCCOC(=O)O[C@@H](C)CC(N)(Cc1ccc(OC(=O)OCC(C)C)c(OC(=O)OCC(C)C)c1)C(=O)OC. The first-order chi connectivity index (χ1) is 19.3. The number of benzene rings is 1. The zero-order valence-corrected chi connectivity index (χ0v) is 25.2. The van der Waals surface area contributed by atoms with E-state index in [0.717, 1.165) is 12.8 Å². The van der Waals surface area contributed by atoms with Crippen LogP contribution in [0.25, 0.3) is 0 Å². The van der Waals surface area contributed by atoms with E-state index in [0.29, 0.717) is 12.0 Å². The molecule has 41 heavy (non-hydrogen) atoms. The van der Waals surface area contributed by atoms with Crippen LogP contribution in [0.15, 0.2) is 18.2 Å². The van der Waals surface area contributed by atoms with Gasteiger partial charge in [0, 0.05) is 12.8 Å². The van der Waals surface area contributed by atoms with E-state index in [1.54, 1.807) is 6.92 Å². The van der Waals surface area contributed by atoms with Gasteiger partial charge in [-0.3, -0.25) is 4.79 Å². The number of ether oxygens (including phenoxy) is 7. The summed E-state index contributed by atoms with van der Waals surface area (Å²) in [5.41, 5.74) is 5.27. The summed E-state index contributed by atoms with van der Waals surface area (Å²) < 4.78 is 36.0. The standard InChI is InChI=1S/C29H45NO11/c1-8-9-10-13-36-26(32)39-21(6)15-29(30,25(31)35-7)16-22-11-12-23(40-27(33)37-17-19(2)3)24(14-22)41-28(34)38-18-20(4)5/h11-12,14,19-21H,8-10,13,15-18,30H2,1-7H3/t21-,29?/m0/s1. The van der Waals surface area contributed by atoms with Crippen LogP contribution in [0.3, 0.4) is 0 Å². The maximum absolute atomic E-state index is 12.7. The second-order valence-electron chi connectivity index (χ2n) is 10.7. The molecule has 0 aliphatic heterocycles. The summed E-state index contributed by atoms with van der Waals surface area (Å²) in [6.07, 6.45) is -1.24. The summed E-state index contributed by atoms with van der Waals surface area (Å²) >= 11 is 0. The van der Waals surface area contributed by atoms with Crippen molar-refractivity contribution in [3.05, 3.63) is 23.8 Å². The topological polar surface area (TPSA) is 159 Å². The van der Waals surface area contributed by atoms with Gasteiger partial charge in [-0.15, -0.1) is 0 Å². The number of nitrogens with two attached hydrogens (primary N) is 1. The molecular weight excluding hydrogens is 538 g/mol. The molecule has 0 heterocycles. The normalized spacial score (nSPS) is 13.1. The van der Waals surface area contributed by atoms with Gasteiger partial charge in [0.15, 0.2) is 11.5 Å². The Bertz CT molecular complexity index is 995. The van der Waals surface area contributed by atoms with Gasteiger partial charge in [-0.2, -0.15) is 0 Å². The van der Waals surface area contributed by atoms with Gasteiger partial charge >= 0.3 is 24.4 Å². The van der Waals surface area contributed by atoms with Crippen LogP contribution in [-0.4, -0.2) is 63.0 Å². The fraction of sp³-hybridized carbons (Fsp3) is 0.655. The monoisotopic (exact) mass is 583 g/mol. The Morgan fingerprint density at radius 3 is 1.95 bits per heavy atom. The summed E-state index contributed by atoms with van der Waals surface area (Å²) in [6, 6.07) is 4.30. The fourth-order valence-corrected chi connectivity index (χ4v) is 3.59. The van der Waals surface area contributed by atoms with Gasteiger partial charge in [-0.05, 0) is 42.9 Å². The number of carbonyl (C=O) groups excluding carboxylic acids is 4. The van der Waals surface area contributed by atoms with E-state index in [1.165, 1.54) is 25.3 Å². The number of hydrogen-bond acceptors (Lipinski definition) is 12. The summed E-state index contributed by atoms with van der Waals surface area (Å²) in [7, 11) is 1.19. The molecule has 0 bridgehead atoms. The largest absolute Gasteiger partial charge is 0.513 e. The minimum atomic E-state index is -1.63. The average molecular weight is 584 g/mol. The minimum Gasteiger partial charge on any atom is -0.468 e. The van der Waals surface area contributed by atoms with Crippen molar-refractivity contribution >= 4 is 24.4 Å². The van der Waals surface area contributed by atoms with Crippen LogP contribution in [-0.2, 0) is 34.9 Å². The first kappa shape index (κ1) is 35.5. The molecule has 0 aromatic heterocycles. The lowest BCUT2D eigenvalue weighted by Crippen LogP contribution is -2.53. The second kappa shape index (κ2) is 18.0. The fourth-order valence-electron chi connectivity index (χ4n) is 3.59. The van der Waals surface area contributed by atoms with E-state index in [-0.39, 0.29) is 56.0 Å². The highest BCUT2D eigenvalue weighted by Crippen LogP contribution is 2.32. The van der Waals surface area contributed by atoms with Crippen LogP contribution in [0.1, 0.15) is 72.8 Å². The minimum absolute atomic E-state index is 0.0614. The number of hydrogen-bond donors (Lipinski definition) is 1. The highest BCUT2D eigenvalue weighted by atomic mass is 16.7. The molecule has 232 valence electrons. The molecule has 0 saturated heterocycles. The summed E-state index contributed by atoms with van der Waals surface area (Å²) in [6.45, 7) is 11.5. The molecule has 1 aromatic rings. The van der Waals surface area contributed by atoms with Crippen molar-refractivity contribution < 1.29 is 52.3 Å². The van der Waals surface area contributed by atoms with Crippen molar-refractivity contribution in [2.45, 2.75) is 85.3 Å². The average Bonchev–Trinajstić information content (AvgIpc) is 2.89. The van der Waals surface area contributed by atoms with Gasteiger partial charge in [0.25, 0.3) is 0 Å². The Balaban J connectivity index is 3.13. The number of methoxy groups -OCH3 is 1. The molecule has 1 unspecified atom stereocenters. The van der Waals surface area contributed by atoms with Crippen molar-refractivity contribution in [2.75, 3.05) is 26.9 Å². The summed E-state index contributed by atoms with van der Waals surface area (Å²) in [5.74, 6) is -0.860. The van der Waals surface area contributed by atoms with E-state index in [4.69, 9.17) is 38.9 Å². The second-order valence-corrected chi connectivity index (χ2v) is 10.7. The van der Waals surface area contributed by atoms with Crippen LogP contribution < -0.4 is 15.2 Å². The molecule has 0 aliphatic rings. The van der Waals surface area contributed by atoms with Gasteiger partial charge in [0.1, 0.15) is 11.6 Å². The number of esters is 1. The van der Waals surface area contributed by atoms with Gasteiger partial charge in [0.2, 0.25) is 0 Å². The first-order valence-electron chi connectivity index (χ1n) is 13.8. The van der Waals surface area contributed by atoms with Crippen LogP contribution in [0, 0.1) is 11.8 Å². The molecule has 2 atom stereocenters. The number of rotatable bonds is 16. The van der Waals surface area contributed by atoms with Crippen molar-refractivity contribution in [2.24, 2.45) is 17.6 Å². The van der Waals surface area contributed by atoms with E-state index >= 15 is 0 Å². The van der Waals surface area contributed by atoms with E-state index in [9.17, 15) is 19.2 Å². The smallest absolute Gasteiger partial charge is 0.468 e. The van der Waals surface area contributed by atoms with Crippen molar-refractivity contribution in [3.63, 3.8) is 0 Å². The summed E-state index contributed by atoms with van der Waals surface area (Å²) in [4.78, 5) is 49.3. The lowest BCUT2D eigenvalue weighted by atomic mass is 9.86. The van der Waals surface area contributed by atoms with Crippen LogP contribution in [0.5, 0.6) is 11.5 Å². The maximum atomic E-state index is 12.7. The molecule has 0 saturated carbocycles. The van der Waals surface area contributed by atoms with Gasteiger partial charge in [-0.25, -0.2) is 14.4 Å². The van der Waals surface area contributed by atoms with Crippen LogP contribution >= 0.6 is 0 Å². The zero-order chi connectivity index (χ0) is 31.0. The first-order valence-corrected chi connectivity index (χ1v) is 13.8. The highest BCUT2D eigenvalue weighted by molar-refractivity contribution is 5.81. The maximum Gasteiger partial charge on any atom is 0.513 e. The molecule has 0 spiro atoms. The molecule has 12 nitrogen and oxygen atoms in total. The zero-order valence-electron chi connectivity index (χ0n) is 25.2. The molecule has 12 heteroatoms. The Labute approximate surface area is 242 Å². The third kappa shape index (κ3) is 14.1. The number of unbranched alkanes of at least 4 members (excludes halogenated alkanes) is 2. The highest BCUT2D eigenvalue weighted by Gasteiger charge is 2.38. The molecule has 0 amide bonds. The van der Waals surface area contributed by atoms with Crippen molar-refractivity contribution in [1.29, 1.82) is 0 Å². The van der Waals surface area contributed by atoms with Crippen LogP contribution in [0.4, 0.5) is 14.4 Å². The number of carbonyl (C=O) groups is 4. The van der Waals surface area contributed by atoms with E-state index in [2.05, 4.69) is 0 Å². The molecule has 0 aliphatic carbocycles. The summed E-state index contributed by atoms with van der Waals surface area (Å²) in [5, 5.41) is 0.